The minimum absolute atomic E-state index is 0.318. The van der Waals surface area contributed by atoms with E-state index >= 15 is 0 Å². The summed E-state index contributed by atoms with van der Waals surface area (Å²) in [6.45, 7) is 8.04. The van der Waals surface area contributed by atoms with Gasteiger partial charge in [-0.3, -0.25) is 0 Å². The van der Waals surface area contributed by atoms with Crippen LogP contribution in [-0.2, 0) is 0 Å². The Labute approximate surface area is 129 Å². The van der Waals surface area contributed by atoms with E-state index in [0.29, 0.717) is 18.6 Å². The number of nitrogens with one attached hydrogen (secondary N) is 1. The number of anilines is 1. The molecule has 2 N–H and O–H groups in total. The van der Waals surface area contributed by atoms with E-state index in [-0.39, 0.29) is 0 Å². The van der Waals surface area contributed by atoms with Gasteiger partial charge < -0.3 is 15.3 Å². The summed E-state index contributed by atoms with van der Waals surface area (Å²) in [5.41, 5.74) is 2.68. The first-order chi connectivity index (χ1) is 10.2. The standard InChI is InChI=1S/C18H30N2O/c1-3-11-19-15(2)17-6-8-18(9-7-17)20-12-4-5-16(14-20)10-13-21/h6-9,15-16,19,21H,3-5,10-14H2,1-2H3. The van der Waals surface area contributed by atoms with Crippen LogP contribution in [0.25, 0.3) is 0 Å². The van der Waals surface area contributed by atoms with E-state index in [4.69, 9.17) is 5.11 Å². The predicted molar refractivity (Wildman–Crippen MR) is 89.8 cm³/mol. The summed E-state index contributed by atoms with van der Waals surface area (Å²) >= 11 is 0. The van der Waals surface area contributed by atoms with E-state index in [1.54, 1.807) is 0 Å². The van der Waals surface area contributed by atoms with Crippen molar-refractivity contribution >= 4 is 5.69 Å². The third-order valence-electron chi connectivity index (χ3n) is 4.52. The fourth-order valence-electron chi connectivity index (χ4n) is 3.17. The van der Waals surface area contributed by atoms with Crippen molar-refractivity contribution < 1.29 is 5.11 Å². The van der Waals surface area contributed by atoms with Crippen LogP contribution in [0.4, 0.5) is 5.69 Å². The maximum absolute atomic E-state index is 9.12. The van der Waals surface area contributed by atoms with Gasteiger partial charge in [0.15, 0.2) is 0 Å². The number of aliphatic hydroxyl groups is 1. The number of aliphatic hydroxyl groups excluding tert-OH is 1. The Balaban J connectivity index is 1.94. The highest BCUT2D eigenvalue weighted by molar-refractivity contribution is 5.48. The minimum atomic E-state index is 0.318. The number of hydrogen-bond donors (Lipinski definition) is 2. The molecule has 0 aliphatic carbocycles. The van der Waals surface area contributed by atoms with Crippen molar-refractivity contribution in [2.24, 2.45) is 5.92 Å². The zero-order valence-corrected chi connectivity index (χ0v) is 13.5. The lowest BCUT2D eigenvalue weighted by atomic mass is 9.94. The first-order valence-electron chi connectivity index (χ1n) is 8.43. The number of benzene rings is 1. The SMILES string of the molecule is CCCNC(C)c1ccc(N2CCCC(CCO)C2)cc1. The maximum atomic E-state index is 9.12. The average Bonchev–Trinajstić information content (AvgIpc) is 2.53. The molecule has 2 rings (SSSR count). The third-order valence-corrected chi connectivity index (χ3v) is 4.52. The number of nitrogens with zero attached hydrogens (tertiary/aromatic N) is 1. The molecule has 1 aliphatic heterocycles. The van der Waals surface area contributed by atoms with Crippen molar-refractivity contribution in [1.29, 1.82) is 0 Å². The molecule has 1 fully saturated rings. The molecule has 1 heterocycles. The van der Waals surface area contributed by atoms with Crippen LogP contribution in [0, 0.1) is 5.92 Å². The molecule has 21 heavy (non-hydrogen) atoms. The highest BCUT2D eigenvalue weighted by Crippen LogP contribution is 2.26. The van der Waals surface area contributed by atoms with Crippen molar-refractivity contribution in [3.8, 4) is 0 Å². The van der Waals surface area contributed by atoms with Gasteiger partial charge in [0.2, 0.25) is 0 Å². The van der Waals surface area contributed by atoms with Crippen molar-refractivity contribution in [3.05, 3.63) is 29.8 Å². The molecule has 0 bridgehead atoms. The summed E-state index contributed by atoms with van der Waals surface area (Å²) in [4.78, 5) is 2.47. The van der Waals surface area contributed by atoms with Crippen molar-refractivity contribution in [2.45, 2.75) is 45.6 Å². The lowest BCUT2D eigenvalue weighted by Crippen LogP contribution is -2.35. The van der Waals surface area contributed by atoms with Crippen LogP contribution in [0.2, 0.25) is 0 Å². The maximum Gasteiger partial charge on any atom is 0.0434 e. The molecule has 0 spiro atoms. The molecule has 2 atom stereocenters. The summed E-state index contributed by atoms with van der Waals surface area (Å²) < 4.78 is 0. The van der Waals surface area contributed by atoms with Gasteiger partial charge in [-0.1, -0.05) is 19.1 Å². The zero-order chi connectivity index (χ0) is 15.1. The van der Waals surface area contributed by atoms with E-state index in [0.717, 1.165) is 26.1 Å². The molecule has 0 radical (unpaired) electrons. The minimum Gasteiger partial charge on any atom is -0.396 e. The van der Waals surface area contributed by atoms with Gasteiger partial charge >= 0.3 is 0 Å². The molecule has 2 unspecified atom stereocenters. The normalized spacial score (nSPS) is 20.5. The highest BCUT2D eigenvalue weighted by atomic mass is 16.3. The topological polar surface area (TPSA) is 35.5 Å². The third kappa shape index (κ3) is 4.72. The van der Waals surface area contributed by atoms with Crippen LogP contribution in [0.3, 0.4) is 0 Å². The second-order valence-corrected chi connectivity index (χ2v) is 6.23. The second-order valence-electron chi connectivity index (χ2n) is 6.23. The van der Waals surface area contributed by atoms with Crippen LogP contribution in [-0.4, -0.2) is 31.3 Å². The smallest absolute Gasteiger partial charge is 0.0434 e. The molecular formula is C18H30N2O. The summed E-state index contributed by atoms with van der Waals surface area (Å²) in [7, 11) is 0. The molecule has 118 valence electrons. The summed E-state index contributed by atoms with van der Waals surface area (Å²) in [5, 5.41) is 12.6. The summed E-state index contributed by atoms with van der Waals surface area (Å²) in [5.74, 6) is 0.647. The van der Waals surface area contributed by atoms with E-state index in [1.807, 2.05) is 0 Å². The average molecular weight is 290 g/mol. The highest BCUT2D eigenvalue weighted by Gasteiger charge is 2.19. The van der Waals surface area contributed by atoms with Gasteiger partial charge in [0.25, 0.3) is 0 Å². The van der Waals surface area contributed by atoms with Crippen molar-refractivity contribution in [2.75, 3.05) is 31.1 Å². The fraction of sp³-hybridized carbons (Fsp3) is 0.667. The van der Waals surface area contributed by atoms with E-state index < -0.39 is 0 Å². The Kier molecular flexibility index (Phi) is 6.52. The fourth-order valence-corrected chi connectivity index (χ4v) is 3.17. The lowest BCUT2D eigenvalue weighted by molar-refractivity contribution is 0.244. The number of rotatable bonds is 7. The van der Waals surface area contributed by atoms with Crippen molar-refractivity contribution in [1.82, 2.24) is 5.32 Å². The molecule has 0 saturated carbocycles. The Hall–Kier alpha value is -1.06. The van der Waals surface area contributed by atoms with E-state index in [1.165, 1.54) is 30.5 Å². The monoisotopic (exact) mass is 290 g/mol. The first-order valence-corrected chi connectivity index (χ1v) is 8.43. The zero-order valence-electron chi connectivity index (χ0n) is 13.5. The van der Waals surface area contributed by atoms with E-state index in [9.17, 15) is 0 Å². The van der Waals surface area contributed by atoms with Gasteiger partial charge in [-0.05, 0) is 62.8 Å². The molecule has 0 amide bonds. The lowest BCUT2D eigenvalue weighted by Gasteiger charge is -2.34. The molecule has 1 aromatic rings. The second kappa shape index (κ2) is 8.40. The van der Waals surface area contributed by atoms with Gasteiger partial charge in [0.05, 0.1) is 0 Å². The molecule has 3 heteroatoms. The molecular weight excluding hydrogens is 260 g/mol. The van der Waals surface area contributed by atoms with Crippen LogP contribution >= 0.6 is 0 Å². The van der Waals surface area contributed by atoms with E-state index in [2.05, 4.69) is 48.3 Å². The molecule has 3 nitrogen and oxygen atoms in total. The molecule has 0 aromatic heterocycles. The van der Waals surface area contributed by atoms with Crippen LogP contribution in [0.15, 0.2) is 24.3 Å². The van der Waals surface area contributed by atoms with Crippen LogP contribution < -0.4 is 10.2 Å². The number of hydrogen-bond acceptors (Lipinski definition) is 3. The molecule has 1 aliphatic rings. The van der Waals surface area contributed by atoms with Crippen LogP contribution in [0.1, 0.15) is 51.1 Å². The van der Waals surface area contributed by atoms with Crippen molar-refractivity contribution in [3.63, 3.8) is 0 Å². The Morgan fingerprint density at radius 2 is 2.10 bits per heavy atom. The van der Waals surface area contributed by atoms with Gasteiger partial charge in [-0.25, -0.2) is 0 Å². The summed E-state index contributed by atoms with van der Waals surface area (Å²) in [6, 6.07) is 9.42. The predicted octanol–water partition coefficient (Wildman–Crippen LogP) is 3.35. The largest absolute Gasteiger partial charge is 0.396 e. The number of piperidine rings is 1. The Bertz CT molecular complexity index is 402. The first kappa shape index (κ1) is 16.3. The van der Waals surface area contributed by atoms with Crippen LogP contribution in [0.5, 0.6) is 0 Å². The molecule has 1 aromatic carbocycles. The summed E-state index contributed by atoms with van der Waals surface area (Å²) in [6.07, 6.45) is 4.60. The Morgan fingerprint density at radius 1 is 1.33 bits per heavy atom. The van der Waals surface area contributed by atoms with Gasteiger partial charge in [-0.15, -0.1) is 0 Å². The van der Waals surface area contributed by atoms with Gasteiger partial charge in [0, 0.05) is 31.4 Å². The Morgan fingerprint density at radius 3 is 2.76 bits per heavy atom. The van der Waals surface area contributed by atoms with Gasteiger partial charge in [-0.2, -0.15) is 0 Å². The van der Waals surface area contributed by atoms with Gasteiger partial charge in [0.1, 0.15) is 0 Å². The molecule has 1 saturated heterocycles. The quantitative estimate of drug-likeness (QED) is 0.808.